The van der Waals surface area contributed by atoms with Crippen LogP contribution >= 0.6 is 11.3 Å². The van der Waals surface area contributed by atoms with Gasteiger partial charge in [-0.25, -0.2) is 0 Å². The number of benzene rings is 1. The molecule has 0 atom stereocenters. The molecule has 1 aromatic carbocycles. The lowest BCUT2D eigenvalue weighted by atomic mass is 10.2. The number of piperazine rings is 1. The molecule has 2 aromatic rings. The van der Waals surface area contributed by atoms with E-state index < -0.39 is 0 Å². The number of thiophene rings is 1. The molecule has 2 heterocycles. The Morgan fingerprint density at radius 1 is 1.06 bits per heavy atom. The number of rotatable bonds is 1. The second kappa shape index (κ2) is 4.07. The highest BCUT2D eigenvalue weighted by Gasteiger charge is 2.14. The fraction of sp³-hybridized carbons (Fsp3) is 0.385. The van der Waals surface area contributed by atoms with Gasteiger partial charge in [-0.1, -0.05) is 0 Å². The lowest BCUT2D eigenvalue weighted by Crippen LogP contribution is -2.44. The summed E-state index contributed by atoms with van der Waals surface area (Å²) in [6, 6.07) is 9.02. The number of nitrogens with zero attached hydrogens (tertiary/aromatic N) is 2. The molecule has 0 unspecified atom stereocenters. The number of hydrogen-bond donors (Lipinski definition) is 0. The summed E-state index contributed by atoms with van der Waals surface area (Å²) >= 11 is 1.82. The first kappa shape index (κ1) is 10.1. The van der Waals surface area contributed by atoms with E-state index in [9.17, 15) is 0 Å². The minimum absolute atomic E-state index is 1.14. The summed E-state index contributed by atoms with van der Waals surface area (Å²) in [4.78, 5) is 4.87. The van der Waals surface area contributed by atoms with Gasteiger partial charge in [0.25, 0.3) is 0 Å². The normalized spacial score (nSPS) is 18.2. The topological polar surface area (TPSA) is 6.48 Å². The van der Waals surface area contributed by atoms with Crippen LogP contribution in [0.5, 0.6) is 0 Å². The Morgan fingerprint density at radius 2 is 1.88 bits per heavy atom. The van der Waals surface area contributed by atoms with Crippen LogP contribution in [0, 0.1) is 0 Å². The average Bonchev–Trinajstić information content (AvgIpc) is 2.77. The quantitative estimate of drug-likeness (QED) is 0.746. The fourth-order valence-corrected chi connectivity index (χ4v) is 2.99. The van der Waals surface area contributed by atoms with Gasteiger partial charge in [0.05, 0.1) is 0 Å². The van der Waals surface area contributed by atoms with E-state index in [1.165, 1.54) is 28.9 Å². The second-order valence-electron chi connectivity index (χ2n) is 4.43. The van der Waals surface area contributed by atoms with Gasteiger partial charge in [0, 0.05) is 36.6 Å². The van der Waals surface area contributed by atoms with Crippen LogP contribution in [-0.4, -0.2) is 38.1 Å². The highest BCUT2D eigenvalue weighted by Crippen LogP contribution is 2.26. The lowest BCUT2D eigenvalue weighted by molar-refractivity contribution is 0.313. The Balaban J connectivity index is 1.87. The highest BCUT2D eigenvalue weighted by atomic mass is 32.1. The largest absolute Gasteiger partial charge is 0.369 e. The summed E-state index contributed by atoms with van der Waals surface area (Å²) in [7, 11) is 2.19. The lowest BCUT2D eigenvalue weighted by Gasteiger charge is -2.34. The van der Waals surface area contributed by atoms with E-state index in [-0.39, 0.29) is 0 Å². The van der Waals surface area contributed by atoms with Crippen molar-refractivity contribution in [2.45, 2.75) is 0 Å². The Hall–Kier alpha value is -1.06. The molecule has 0 radical (unpaired) electrons. The van der Waals surface area contributed by atoms with Crippen molar-refractivity contribution in [2.75, 3.05) is 38.1 Å². The van der Waals surface area contributed by atoms with Gasteiger partial charge in [0.15, 0.2) is 0 Å². The molecule has 84 valence electrons. The zero-order chi connectivity index (χ0) is 11.0. The molecule has 1 saturated heterocycles. The zero-order valence-corrected chi connectivity index (χ0v) is 10.3. The van der Waals surface area contributed by atoms with Crippen LogP contribution < -0.4 is 4.90 Å². The molecule has 3 rings (SSSR count). The van der Waals surface area contributed by atoms with Gasteiger partial charge in [-0.2, -0.15) is 0 Å². The van der Waals surface area contributed by atoms with Crippen molar-refractivity contribution in [3.63, 3.8) is 0 Å². The van der Waals surface area contributed by atoms with Crippen LogP contribution in [0.15, 0.2) is 29.6 Å². The van der Waals surface area contributed by atoms with E-state index in [0.717, 1.165) is 13.1 Å². The van der Waals surface area contributed by atoms with Crippen molar-refractivity contribution in [3.05, 3.63) is 29.6 Å². The van der Waals surface area contributed by atoms with Crippen molar-refractivity contribution < 1.29 is 0 Å². The molecule has 0 aliphatic carbocycles. The summed E-state index contributed by atoms with van der Waals surface area (Å²) < 4.78 is 1.39. The van der Waals surface area contributed by atoms with Gasteiger partial charge < -0.3 is 9.80 Å². The summed E-state index contributed by atoms with van der Waals surface area (Å²) in [6.07, 6.45) is 0. The SMILES string of the molecule is CN1CCN(c2ccc3sccc3c2)CC1. The van der Waals surface area contributed by atoms with E-state index in [2.05, 4.69) is 46.5 Å². The van der Waals surface area contributed by atoms with E-state index >= 15 is 0 Å². The molecule has 1 aromatic heterocycles. The molecule has 3 heteroatoms. The smallest absolute Gasteiger partial charge is 0.0374 e. The predicted octanol–water partition coefficient (Wildman–Crippen LogP) is 2.65. The van der Waals surface area contributed by atoms with E-state index in [1.807, 2.05) is 11.3 Å². The van der Waals surface area contributed by atoms with Crippen LogP contribution in [0.25, 0.3) is 10.1 Å². The molecule has 1 aliphatic rings. The van der Waals surface area contributed by atoms with Gasteiger partial charge >= 0.3 is 0 Å². The fourth-order valence-electron chi connectivity index (χ4n) is 2.22. The summed E-state index contributed by atoms with van der Waals surface area (Å²) in [5.41, 5.74) is 1.37. The third kappa shape index (κ3) is 1.81. The molecule has 0 saturated carbocycles. The summed E-state index contributed by atoms with van der Waals surface area (Å²) in [6.45, 7) is 4.63. The maximum absolute atomic E-state index is 2.48. The number of anilines is 1. The van der Waals surface area contributed by atoms with Gasteiger partial charge in [0.1, 0.15) is 0 Å². The number of likely N-dealkylation sites (N-methyl/N-ethyl adjacent to an activating group) is 1. The number of hydrogen-bond acceptors (Lipinski definition) is 3. The highest BCUT2D eigenvalue weighted by molar-refractivity contribution is 7.17. The van der Waals surface area contributed by atoms with Gasteiger partial charge in [-0.15, -0.1) is 11.3 Å². The average molecular weight is 232 g/mol. The Kier molecular flexibility index (Phi) is 2.58. The third-order valence-electron chi connectivity index (χ3n) is 3.30. The standard InChI is InChI=1S/C13H16N2S/c1-14-5-7-15(8-6-14)12-2-3-13-11(10-12)4-9-16-13/h2-4,9-10H,5-8H2,1H3. The molecule has 0 amide bonds. The first-order valence-electron chi connectivity index (χ1n) is 5.74. The predicted molar refractivity (Wildman–Crippen MR) is 71.5 cm³/mol. The maximum Gasteiger partial charge on any atom is 0.0374 e. The van der Waals surface area contributed by atoms with Crippen molar-refractivity contribution >= 4 is 27.1 Å². The Bertz CT molecular complexity index is 483. The summed E-state index contributed by atoms with van der Waals surface area (Å²) in [5.74, 6) is 0. The Labute approximate surface area is 100 Å². The maximum atomic E-state index is 2.48. The minimum Gasteiger partial charge on any atom is -0.369 e. The molecular weight excluding hydrogens is 216 g/mol. The van der Waals surface area contributed by atoms with Crippen molar-refractivity contribution in [1.82, 2.24) is 4.90 Å². The van der Waals surface area contributed by atoms with Crippen molar-refractivity contribution in [1.29, 1.82) is 0 Å². The molecule has 1 fully saturated rings. The monoisotopic (exact) mass is 232 g/mol. The molecule has 16 heavy (non-hydrogen) atoms. The minimum atomic E-state index is 1.14. The zero-order valence-electron chi connectivity index (χ0n) is 9.52. The van der Waals surface area contributed by atoms with Gasteiger partial charge in [-0.05, 0) is 42.1 Å². The van der Waals surface area contributed by atoms with Crippen molar-refractivity contribution in [2.24, 2.45) is 0 Å². The van der Waals surface area contributed by atoms with E-state index in [1.54, 1.807) is 0 Å². The van der Waals surface area contributed by atoms with Crippen LogP contribution in [0.1, 0.15) is 0 Å². The summed E-state index contributed by atoms with van der Waals surface area (Å²) in [5, 5.41) is 3.54. The van der Waals surface area contributed by atoms with Crippen molar-refractivity contribution in [3.8, 4) is 0 Å². The first-order valence-corrected chi connectivity index (χ1v) is 6.62. The van der Waals surface area contributed by atoms with E-state index in [4.69, 9.17) is 0 Å². The molecule has 2 nitrogen and oxygen atoms in total. The molecule has 0 N–H and O–H groups in total. The van der Waals surface area contributed by atoms with Gasteiger partial charge in [-0.3, -0.25) is 0 Å². The van der Waals surface area contributed by atoms with Gasteiger partial charge in [0.2, 0.25) is 0 Å². The molecule has 0 spiro atoms. The van der Waals surface area contributed by atoms with Crippen LogP contribution in [0.2, 0.25) is 0 Å². The number of fused-ring (bicyclic) bond motifs is 1. The first-order chi connectivity index (χ1) is 7.83. The molecular formula is C13H16N2S. The van der Waals surface area contributed by atoms with Crippen LogP contribution in [0.4, 0.5) is 5.69 Å². The van der Waals surface area contributed by atoms with Crippen LogP contribution in [0.3, 0.4) is 0 Å². The second-order valence-corrected chi connectivity index (χ2v) is 5.38. The molecule has 1 aliphatic heterocycles. The van der Waals surface area contributed by atoms with E-state index in [0.29, 0.717) is 0 Å². The van der Waals surface area contributed by atoms with Crippen LogP contribution in [-0.2, 0) is 0 Å². The molecule has 0 bridgehead atoms. The Morgan fingerprint density at radius 3 is 2.69 bits per heavy atom. The third-order valence-corrected chi connectivity index (χ3v) is 4.20.